The van der Waals surface area contributed by atoms with E-state index in [0.29, 0.717) is 25.6 Å². The third-order valence-corrected chi connectivity index (χ3v) is 6.41. The van der Waals surface area contributed by atoms with Gasteiger partial charge in [0, 0.05) is 0 Å². The molecule has 7 heteroatoms. The number of ether oxygens (including phenoxy) is 6. The third-order valence-electron chi connectivity index (χ3n) is 6.41. The quantitative estimate of drug-likeness (QED) is 0.171. The number of esters is 1. The number of methoxy groups -OCH3 is 1. The minimum atomic E-state index is -0.845. The largest absolute Gasteiger partial charge is 0.466 e. The summed E-state index contributed by atoms with van der Waals surface area (Å²) < 4.78 is 36.6. The lowest BCUT2D eigenvalue weighted by molar-refractivity contribution is -0.312. The lowest BCUT2D eigenvalue weighted by atomic mass is 9.98. The first kappa shape index (κ1) is 28.5. The Labute approximate surface area is 230 Å². The van der Waals surface area contributed by atoms with Crippen LogP contribution in [0.5, 0.6) is 0 Å². The average Bonchev–Trinajstić information content (AvgIpc) is 2.96. The molecule has 0 amide bonds. The van der Waals surface area contributed by atoms with Gasteiger partial charge in [0.25, 0.3) is 0 Å². The van der Waals surface area contributed by atoms with Gasteiger partial charge in [-0.05, 0) is 30.5 Å². The van der Waals surface area contributed by atoms with Crippen LogP contribution in [0.4, 0.5) is 0 Å². The summed E-state index contributed by atoms with van der Waals surface area (Å²) in [6.07, 6.45) is -1.59. The zero-order valence-corrected chi connectivity index (χ0v) is 22.6. The number of benzene rings is 3. The van der Waals surface area contributed by atoms with E-state index in [1.165, 1.54) is 13.2 Å². The first-order chi connectivity index (χ1) is 19.0. The van der Waals surface area contributed by atoms with Crippen LogP contribution < -0.4 is 0 Å². The third kappa shape index (κ3) is 8.50. The van der Waals surface area contributed by atoms with Gasteiger partial charge >= 0.3 is 5.97 Å². The summed E-state index contributed by atoms with van der Waals surface area (Å²) in [5.74, 6) is -0.170. The first-order valence-corrected chi connectivity index (χ1v) is 13.1. The summed E-state index contributed by atoms with van der Waals surface area (Å²) in [5.41, 5.74) is 3.07. The predicted octanol–water partition coefficient (Wildman–Crippen LogP) is 5.58. The van der Waals surface area contributed by atoms with Crippen LogP contribution in [0.2, 0.25) is 0 Å². The van der Waals surface area contributed by atoms with Crippen LogP contribution in [0.15, 0.2) is 103 Å². The molecule has 0 bridgehead atoms. The van der Waals surface area contributed by atoms with Crippen LogP contribution in [0.1, 0.15) is 30.5 Å². The second-order valence-electron chi connectivity index (χ2n) is 9.39. The van der Waals surface area contributed by atoms with Crippen molar-refractivity contribution in [3.05, 3.63) is 120 Å². The van der Waals surface area contributed by atoms with E-state index in [-0.39, 0.29) is 6.10 Å². The van der Waals surface area contributed by atoms with Crippen molar-refractivity contribution < 1.29 is 33.2 Å². The van der Waals surface area contributed by atoms with E-state index in [0.717, 1.165) is 16.7 Å². The molecule has 3 aromatic rings. The van der Waals surface area contributed by atoms with Crippen molar-refractivity contribution in [1.29, 1.82) is 0 Å². The molecule has 5 atom stereocenters. The molecule has 0 saturated carbocycles. The fourth-order valence-corrected chi connectivity index (χ4v) is 4.41. The molecule has 1 fully saturated rings. The van der Waals surface area contributed by atoms with Crippen molar-refractivity contribution in [2.75, 3.05) is 7.11 Å². The summed E-state index contributed by atoms with van der Waals surface area (Å²) in [5, 5.41) is 0. The minimum absolute atomic E-state index is 0.319. The molecule has 3 aromatic carbocycles. The molecule has 0 aliphatic carbocycles. The maximum absolute atomic E-state index is 11.8. The lowest BCUT2D eigenvalue weighted by Gasteiger charge is -2.45. The molecule has 1 aliphatic heterocycles. The Morgan fingerprint density at radius 3 is 1.62 bits per heavy atom. The Hall–Kier alpha value is -3.49. The van der Waals surface area contributed by atoms with Gasteiger partial charge in [0.05, 0.1) is 39.1 Å². The number of carbonyl (C=O) groups excluding carboxylic acids is 1. The van der Waals surface area contributed by atoms with Gasteiger partial charge in [0.2, 0.25) is 6.29 Å². The van der Waals surface area contributed by atoms with Crippen LogP contribution in [0.25, 0.3) is 0 Å². The molecular formula is C32H36O7. The van der Waals surface area contributed by atoms with E-state index >= 15 is 0 Å². The molecular weight excluding hydrogens is 496 g/mol. The van der Waals surface area contributed by atoms with Crippen molar-refractivity contribution in [3.63, 3.8) is 0 Å². The van der Waals surface area contributed by atoms with Crippen LogP contribution in [0, 0.1) is 0 Å². The van der Waals surface area contributed by atoms with E-state index in [1.807, 2.05) is 97.9 Å². The van der Waals surface area contributed by atoms with Gasteiger partial charge in [-0.1, -0.05) is 91.0 Å². The molecule has 0 N–H and O–H groups in total. The molecule has 1 saturated heterocycles. The summed E-state index contributed by atoms with van der Waals surface area (Å²) in [4.78, 5) is 11.8. The molecule has 0 spiro atoms. The van der Waals surface area contributed by atoms with Gasteiger partial charge in [-0.3, -0.25) is 0 Å². The Balaban J connectivity index is 1.61. The fraction of sp³-hybridized carbons (Fsp3) is 0.344. The number of hydrogen-bond acceptors (Lipinski definition) is 7. The highest BCUT2D eigenvalue weighted by atomic mass is 16.7. The van der Waals surface area contributed by atoms with Gasteiger partial charge in [0.15, 0.2) is 0 Å². The number of hydrogen-bond donors (Lipinski definition) is 0. The number of allylic oxidation sites excluding steroid dienone is 1. The SMILES string of the molecule is COC(=O)/C=C(\C)O[C@H]1O[C@@H](C)[C@@H](OCc2ccccc2)[C@@H](OCc2ccccc2)[C@@H]1OCc1ccccc1. The molecule has 4 rings (SSSR count). The number of carbonyl (C=O) groups is 1. The van der Waals surface area contributed by atoms with Gasteiger partial charge in [-0.25, -0.2) is 4.79 Å². The summed E-state index contributed by atoms with van der Waals surface area (Å²) in [6.45, 7) is 4.68. The minimum Gasteiger partial charge on any atom is -0.466 e. The van der Waals surface area contributed by atoms with E-state index in [4.69, 9.17) is 28.4 Å². The highest BCUT2D eigenvalue weighted by Gasteiger charge is 2.48. The lowest BCUT2D eigenvalue weighted by Crippen LogP contribution is -2.59. The highest BCUT2D eigenvalue weighted by molar-refractivity contribution is 5.82. The Morgan fingerprint density at radius 1 is 0.718 bits per heavy atom. The molecule has 0 unspecified atom stereocenters. The molecule has 0 radical (unpaired) electrons. The van der Waals surface area contributed by atoms with E-state index in [2.05, 4.69) is 0 Å². The van der Waals surface area contributed by atoms with E-state index in [9.17, 15) is 4.79 Å². The van der Waals surface area contributed by atoms with Crippen molar-refractivity contribution in [2.45, 2.75) is 64.4 Å². The maximum Gasteiger partial charge on any atom is 0.333 e. The Bertz CT molecular complexity index is 1170. The van der Waals surface area contributed by atoms with Crippen LogP contribution >= 0.6 is 0 Å². The molecule has 1 heterocycles. The monoisotopic (exact) mass is 532 g/mol. The zero-order valence-electron chi connectivity index (χ0n) is 22.6. The zero-order chi connectivity index (χ0) is 27.5. The molecule has 7 nitrogen and oxygen atoms in total. The summed E-state index contributed by atoms with van der Waals surface area (Å²) >= 11 is 0. The van der Waals surface area contributed by atoms with Crippen molar-refractivity contribution in [1.82, 2.24) is 0 Å². The van der Waals surface area contributed by atoms with E-state index < -0.39 is 30.6 Å². The topological polar surface area (TPSA) is 72.5 Å². The molecule has 206 valence electrons. The van der Waals surface area contributed by atoms with Crippen molar-refractivity contribution >= 4 is 5.97 Å². The van der Waals surface area contributed by atoms with E-state index in [1.54, 1.807) is 6.92 Å². The molecule has 0 aromatic heterocycles. The van der Waals surface area contributed by atoms with Gasteiger partial charge in [-0.15, -0.1) is 0 Å². The smallest absolute Gasteiger partial charge is 0.333 e. The first-order valence-electron chi connectivity index (χ1n) is 13.1. The predicted molar refractivity (Wildman–Crippen MR) is 146 cm³/mol. The highest BCUT2D eigenvalue weighted by Crippen LogP contribution is 2.32. The summed E-state index contributed by atoms with van der Waals surface area (Å²) in [6, 6.07) is 29.8. The fourth-order valence-electron chi connectivity index (χ4n) is 4.41. The normalized spacial score (nSPS) is 23.3. The van der Waals surface area contributed by atoms with Crippen molar-refractivity contribution in [2.24, 2.45) is 0 Å². The second-order valence-corrected chi connectivity index (χ2v) is 9.39. The van der Waals surface area contributed by atoms with Gasteiger partial charge in [-0.2, -0.15) is 0 Å². The van der Waals surface area contributed by atoms with Crippen molar-refractivity contribution in [3.8, 4) is 0 Å². The van der Waals surface area contributed by atoms with Gasteiger partial charge < -0.3 is 28.4 Å². The Morgan fingerprint density at radius 2 is 1.15 bits per heavy atom. The average molecular weight is 533 g/mol. The molecule has 1 aliphatic rings. The van der Waals surface area contributed by atoms with Crippen LogP contribution in [-0.2, 0) is 53.0 Å². The number of rotatable bonds is 12. The standard InChI is InChI=1S/C32H36O7/c1-23(19-28(33)34-3)38-32-31(37-22-27-17-11-6-12-18-27)30(36-21-26-15-9-5-10-16-26)29(24(2)39-32)35-20-25-13-7-4-8-14-25/h4-19,24,29-32H,20-22H2,1-3H3/b23-19+/t24-,29+,30+,31-,32-/m0/s1. The maximum atomic E-state index is 11.8. The molecule has 39 heavy (non-hydrogen) atoms. The summed E-state index contributed by atoms with van der Waals surface area (Å²) in [7, 11) is 1.32. The van der Waals surface area contributed by atoms with Gasteiger partial charge in [0.1, 0.15) is 24.1 Å². The van der Waals surface area contributed by atoms with Crippen LogP contribution in [0.3, 0.4) is 0 Å². The van der Waals surface area contributed by atoms with Crippen LogP contribution in [-0.4, -0.2) is 43.8 Å². The second kappa shape index (κ2) is 14.6. The Kier molecular flexibility index (Phi) is 10.7.